The zero-order valence-electron chi connectivity index (χ0n) is 14.2. The number of aromatic nitrogens is 2. The molecule has 0 aromatic carbocycles. The molecule has 6 heteroatoms. The van der Waals surface area contributed by atoms with Crippen LogP contribution in [-0.4, -0.2) is 46.8 Å². The zero-order chi connectivity index (χ0) is 16.2. The Morgan fingerprint density at radius 2 is 2.05 bits per heavy atom. The first kappa shape index (κ1) is 17.5. The molecule has 5 nitrogen and oxygen atoms in total. The van der Waals surface area contributed by atoms with Gasteiger partial charge in [-0.25, -0.2) is 0 Å². The summed E-state index contributed by atoms with van der Waals surface area (Å²) in [7, 11) is 1.68. The van der Waals surface area contributed by atoms with Crippen LogP contribution in [0.15, 0.2) is 12.4 Å². The highest BCUT2D eigenvalue weighted by Crippen LogP contribution is 2.24. The Balaban J connectivity index is 1.79. The molecule has 22 heavy (non-hydrogen) atoms. The molecule has 1 aromatic rings. The zero-order valence-corrected chi connectivity index (χ0v) is 14.2. The van der Waals surface area contributed by atoms with Gasteiger partial charge in [0.1, 0.15) is 0 Å². The predicted octanol–water partition coefficient (Wildman–Crippen LogP) is 1.51. The van der Waals surface area contributed by atoms with Crippen LogP contribution >= 0.6 is 0 Å². The summed E-state index contributed by atoms with van der Waals surface area (Å²) < 4.78 is 13.1. The lowest BCUT2D eigenvalue weighted by Gasteiger charge is -2.37. The van der Waals surface area contributed by atoms with Gasteiger partial charge in [0.25, 0.3) is 0 Å². The first-order valence-electron chi connectivity index (χ1n) is 8.11. The average Bonchev–Trinajstić information content (AvgIpc) is 2.91. The lowest BCUT2D eigenvalue weighted by Crippen LogP contribution is -2.49. The standard InChI is InChI=1S/C16H28BN2O3/c1-15(2,20)16(3,4)22-17-14-11-18-19(12-14)8-5-13-6-9-21-10-7-13/h11-13,20H,5-10H2,1-4H3. The van der Waals surface area contributed by atoms with Gasteiger partial charge in [0.2, 0.25) is 0 Å². The van der Waals surface area contributed by atoms with Gasteiger partial charge >= 0.3 is 7.48 Å². The van der Waals surface area contributed by atoms with Gasteiger partial charge in [-0.05, 0) is 58.3 Å². The molecule has 1 N–H and O–H groups in total. The fraction of sp³-hybridized carbons (Fsp3) is 0.812. The highest BCUT2D eigenvalue weighted by Gasteiger charge is 2.35. The Morgan fingerprint density at radius 1 is 1.36 bits per heavy atom. The van der Waals surface area contributed by atoms with E-state index in [9.17, 15) is 5.11 Å². The minimum atomic E-state index is -0.914. The minimum Gasteiger partial charge on any atom is -0.427 e. The quantitative estimate of drug-likeness (QED) is 0.776. The number of hydrogen-bond acceptors (Lipinski definition) is 4. The van der Waals surface area contributed by atoms with Crippen LogP contribution in [0.3, 0.4) is 0 Å². The minimum absolute atomic E-state index is 0.656. The van der Waals surface area contributed by atoms with E-state index >= 15 is 0 Å². The van der Waals surface area contributed by atoms with Crippen LogP contribution in [0, 0.1) is 5.92 Å². The lowest BCUT2D eigenvalue weighted by molar-refractivity contribution is -0.0893. The number of hydrogen-bond donors (Lipinski definition) is 1. The molecule has 0 bridgehead atoms. The maximum atomic E-state index is 10.1. The molecular formula is C16H28BN2O3. The molecule has 1 fully saturated rings. The van der Waals surface area contributed by atoms with E-state index in [1.807, 2.05) is 24.7 Å². The summed E-state index contributed by atoms with van der Waals surface area (Å²) in [5.74, 6) is 0.746. The summed E-state index contributed by atoms with van der Waals surface area (Å²) >= 11 is 0. The Hall–Kier alpha value is -0.845. The van der Waals surface area contributed by atoms with Gasteiger partial charge in [0.15, 0.2) is 0 Å². The second kappa shape index (κ2) is 7.15. The summed E-state index contributed by atoms with van der Waals surface area (Å²) in [6, 6.07) is 0. The first-order valence-corrected chi connectivity index (χ1v) is 8.11. The molecule has 0 amide bonds. The maximum absolute atomic E-state index is 10.1. The third-order valence-electron chi connectivity index (χ3n) is 4.72. The second-order valence-corrected chi connectivity index (χ2v) is 7.19. The number of aliphatic hydroxyl groups is 1. The fourth-order valence-electron chi connectivity index (χ4n) is 2.27. The van der Waals surface area contributed by atoms with E-state index in [1.165, 1.54) is 0 Å². The van der Waals surface area contributed by atoms with Gasteiger partial charge in [0, 0.05) is 32.2 Å². The molecule has 0 spiro atoms. The van der Waals surface area contributed by atoms with Crippen LogP contribution < -0.4 is 5.46 Å². The van der Waals surface area contributed by atoms with E-state index in [2.05, 4.69) is 5.10 Å². The van der Waals surface area contributed by atoms with Crippen molar-refractivity contribution >= 4 is 12.9 Å². The van der Waals surface area contributed by atoms with Crippen molar-refractivity contribution in [2.75, 3.05) is 13.2 Å². The van der Waals surface area contributed by atoms with Crippen LogP contribution in [0.4, 0.5) is 0 Å². The van der Waals surface area contributed by atoms with Crippen LogP contribution in [0.25, 0.3) is 0 Å². The van der Waals surface area contributed by atoms with Gasteiger partial charge < -0.3 is 14.5 Å². The first-order chi connectivity index (χ1) is 10.3. The van der Waals surface area contributed by atoms with Gasteiger partial charge in [-0.15, -0.1) is 0 Å². The summed E-state index contributed by atoms with van der Waals surface area (Å²) in [5, 5.41) is 14.5. The molecule has 1 saturated heterocycles. The van der Waals surface area contributed by atoms with Crippen LogP contribution in [0.5, 0.6) is 0 Å². The van der Waals surface area contributed by atoms with Crippen molar-refractivity contribution in [1.29, 1.82) is 0 Å². The van der Waals surface area contributed by atoms with Crippen molar-refractivity contribution in [1.82, 2.24) is 9.78 Å². The van der Waals surface area contributed by atoms with Gasteiger partial charge in [-0.1, -0.05) is 0 Å². The molecule has 1 radical (unpaired) electrons. The molecule has 123 valence electrons. The van der Waals surface area contributed by atoms with E-state index < -0.39 is 11.2 Å². The van der Waals surface area contributed by atoms with Crippen molar-refractivity contribution in [2.45, 2.75) is 64.7 Å². The summed E-state index contributed by atoms with van der Waals surface area (Å²) in [6.07, 6.45) is 7.23. The third kappa shape index (κ3) is 4.83. The Kier molecular flexibility index (Phi) is 5.69. The van der Waals surface area contributed by atoms with Crippen molar-refractivity contribution in [2.24, 2.45) is 5.92 Å². The van der Waals surface area contributed by atoms with E-state index in [4.69, 9.17) is 9.39 Å². The van der Waals surface area contributed by atoms with Gasteiger partial charge in [-0.3, -0.25) is 4.68 Å². The Labute approximate surface area is 134 Å². The number of aryl methyl sites for hydroxylation is 1. The van der Waals surface area contributed by atoms with Crippen molar-refractivity contribution < 1.29 is 14.5 Å². The van der Waals surface area contributed by atoms with Crippen LogP contribution in [0.2, 0.25) is 0 Å². The highest BCUT2D eigenvalue weighted by atomic mass is 16.5. The third-order valence-corrected chi connectivity index (χ3v) is 4.72. The average molecular weight is 307 g/mol. The molecule has 1 aliphatic rings. The van der Waals surface area contributed by atoms with E-state index in [1.54, 1.807) is 27.5 Å². The van der Waals surface area contributed by atoms with Crippen molar-refractivity contribution in [3.8, 4) is 0 Å². The Bertz CT molecular complexity index is 462. The normalized spacial score (nSPS) is 17.7. The molecular weight excluding hydrogens is 279 g/mol. The van der Waals surface area contributed by atoms with Crippen LogP contribution in [-0.2, 0) is 15.9 Å². The second-order valence-electron chi connectivity index (χ2n) is 7.19. The topological polar surface area (TPSA) is 56.5 Å². The van der Waals surface area contributed by atoms with Crippen molar-refractivity contribution in [3.05, 3.63) is 12.4 Å². The number of ether oxygens (including phenoxy) is 1. The predicted molar refractivity (Wildman–Crippen MR) is 87.2 cm³/mol. The largest absolute Gasteiger partial charge is 0.427 e. The van der Waals surface area contributed by atoms with E-state index in [0.29, 0.717) is 0 Å². The summed E-state index contributed by atoms with van der Waals surface area (Å²) in [5.41, 5.74) is -0.649. The fourth-order valence-corrected chi connectivity index (χ4v) is 2.27. The SMILES string of the molecule is CC(C)(O)C(C)(C)O[B]c1cnn(CCC2CCOCC2)c1. The Morgan fingerprint density at radius 3 is 2.68 bits per heavy atom. The molecule has 1 aromatic heterocycles. The lowest BCUT2D eigenvalue weighted by atomic mass is 9.84. The van der Waals surface area contributed by atoms with Crippen molar-refractivity contribution in [3.63, 3.8) is 0 Å². The molecule has 0 aliphatic carbocycles. The smallest absolute Gasteiger partial charge is 0.334 e. The summed E-state index contributed by atoms with van der Waals surface area (Å²) in [6.45, 7) is 9.95. The monoisotopic (exact) mass is 307 g/mol. The van der Waals surface area contributed by atoms with Crippen LogP contribution in [0.1, 0.15) is 47.0 Å². The molecule has 0 unspecified atom stereocenters. The molecule has 1 aliphatic heterocycles. The highest BCUT2D eigenvalue weighted by molar-refractivity contribution is 6.46. The summed E-state index contributed by atoms with van der Waals surface area (Å²) in [4.78, 5) is 0. The number of nitrogens with zero attached hydrogens (tertiary/aromatic N) is 2. The van der Waals surface area contributed by atoms with E-state index in [0.717, 1.165) is 50.4 Å². The van der Waals surface area contributed by atoms with Gasteiger partial charge in [-0.2, -0.15) is 5.10 Å². The molecule has 2 heterocycles. The maximum Gasteiger partial charge on any atom is 0.334 e. The van der Waals surface area contributed by atoms with E-state index in [-0.39, 0.29) is 0 Å². The molecule has 2 rings (SSSR count). The van der Waals surface area contributed by atoms with Gasteiger partial charge in [0.05, 0.1) is 11.2 Å². The number of rotatable bonds is 7. The molecule has 0 saturated carbocycles. The molecule has 0 atom stereocenters.